The third-order valence-electron chi connectivity index (χ3n) is 5.67. The van der Waals surface area contributed by atoms with Crippen LogP contribution in [0.1, 0.15) is 54.9 Å². The fourth-order valence-electron chi connectivity index (χ4n) is 3.66. The van der Waals surface area contributed by atoms with Crippen LogP contribution in [-0.2, 0) is 24.9 Å². The van der Waals surface area contributed by atoms with Crippen LogP contribution in [0.3, 0.4) is 0 Å². The summed E-state index contributed by atoms with van der Waals surface area (Å²) in [5.41, 5.74) is 2.25. The lowest BCUT2D eigenvalue weighted by atomic mass is 10.1. The Hall–Kier alpha value is -2.61. The van der Waals surface area contributed by atoms with Gasteiger partial charge in [-0.3, -0.25) is 0 Å². The van der Waals surface area contributed by atoms with Gasteiger partial charge in [-0.15, -0.1) is 10.2 Å². The number of aromatic nitrogens is 3. The molecule has 0 bridgehead atoms. The molecule has 1 fully saturated rings. The van der Waals surface area contributed by atoms with Gasteiger partial charge < -0.3 is 24.7 Å². The van der Waals surface area contributed by atoms with Gasteiger partial charge in [0.1, 0.15) is 11.6 Å². The fourth-order valence-corrected chi connectivity index (χ4v) is 3.66. The lowest BCUT2D eigenvalue weighted by molar-refractivity contribution is 0.172. The molecule has 1 aromatic heterocycles. The van der Waals surface area contributed by atoms with Crippen molar-refractivity contribution in [1.29, 1.82) is 0 Å². The summed E-state index contributed by atoms with van der Waals surface area (Å²) in [4.78, 5) is 4.88. The van der Waals surface area contributed by atoms with Gasteiger partial charge in [0.2, 0.25) is 0 Å². The molecular weight excluding hydrogens is 392 g/mol. The third kappa shape index (κ3) is 6.95. The largest absolute Gasteiger partial charge is 0.493 e. The Morgan fingerprint density at radius 1 is 1.19 bits per heavy atom. The number of hydrogen-bond donors (Lipinski definition) is 2. The minimum atomic E-state index is 0.468. The molecule has 2 aromatic rings. The van der Waals surface area contributed by atoms with Crippen molar-refractivity contribution < 1.29 is 9.47 Å². The molecule has 0 amide bonds. The molecule has 1 saturated carbocycles. The van der Waals surface area contributed by atoms with Crippen LogP contribution in [-0.4, -0.2) is 47.1 Å². The Morgan fingerprint density at radius 3 is 2.71 bits per heavy atom. The van der Waals surface area contributed by atoms with Gasteiger partial charge in [0.25, 0.3) is 0 Å². The van der Waals surface area contributed by atoms with E-state index in [9.17, 15) is 0 Å². The van der Waals surface area contributed by atoms with Crippen LogP contribution in [0.25, 0.3) is 0 Å². The molecule has 8 heteroatoms. The van der Waals surface area contributed by atoms with Crippen LogP contribution in [0.2, 0.25) is 0 Å². The van der Waals surface area contributed by atoms with Crippen molar-refractivity contribution in [3.05, 3.63) is 41.0 Å². The lowest BCUT2D eigenvalue weighted by Gasteiger charge is -2.18. The number of nitrogens with zero attached hydrogens (tertiary/aromatic N) is 4. The van der Waals surface area contributed by atoms with E-state index in [2.05, 4.69) is 46.0 Å². The minimum Gasteiger partial charge on any atom is -0.493 e. The number of guanidine groups is 1. The molecule has 2 N–H and O–H groups in total. The average Bonchev–Trinajstić information content (AvgIpc) is 3.39. The van der Waals surface area contributed by atoms with Gasteiger partial charge in [-0.05, 0) is 38.3 Å². The second-order valence-corrected chi connectivity index (χ2v) is 8.17. The molecule has 0 radical (unpaired) electrons. The van der Waals surface area contributed by atoms with Gasteiger partial charge in [-0.25, -0.2) is 4.99 Å². The molecular formula is C23H36N6O2. The van der Waals surface area contributed by atoms with Crippen molar-refractivity contribution in [1.82, 2.24) is 25.4 Å². The molecule has 0 atom stereocenters. The first-order valence-corrected chi connectivity index (χ1v) is 11.2. The number of aliphatic imine (C=N–C) groups is 1. The van der Waals surface area contributed by atoms with Gasteiger partial charge in [-0.2, -0.15) is 0 Å². The van der Waals surface area contributed by atoms with Crippen LogP contribution < -0.4 is 15.4 Å². The number of ether oxygens (including phenoxy) is 2. The topological polar surface area (TPSA) is 85.6 Å². The van der Waals surface area contributed by atoms with Crippen molar-refractivity contribution in [3.8, 4) is 5.75 Å². The number of hydrogen-bond acceptors (Lipinski definition) is 5. The van der Waals surface area contributed by atoms with Crippen molar-refractivity contribution in [2.75, 3.05) is 20.3 Å². The van der Waals surface area contributed by atoms with E-state index >= 15 is 0 Å². The van der Waals surface area contributed by atoms with Gasteiger partial charge in [0.15, 0.2) is 11.8 Å². The number of rotatable bonds is 10. The summed E-state index contributed by atoms with van der Waals surface area (Å²) < 4.78 is 13.1. The fraction of sp³-hybridized carbons (Fsp3) is 0.609. The van der Waals surface area contributed by atoms with E-state index in [1.54, 1.807) is 7.11 Å². The van der Waals surface area contributed by atoms with E-state index in [0.29, 0.717) is 32.3 Å². The zero-order valence-electron chi connectivity index (χ0n) is 19.3. The van der Waals surface area contributed by atoms with E-state index in [1.807, 2.05) is 18.5 Å². The number of benzene rings is 1. The summed E-state index contributed by atoms with van der Waals surface area (Å²) in [5, 5.41) is 15.4. The monoisotopic (exact) mass is 428 g/mol. The van der Waals surface area contributed by atoms with E-state index in [1.165, 1.54) is 31.2 Å². The van der Waals surface area contributed by atoms with Gasteiger partial charge in [0, 0.05) is 38.8 Å². The highest BCUT2D eigenvalue weighted by Crippen LogP contribution is 2.22. The maximum atomic E-state index is 6.02. The van der Waals surface area contributed by atoms with E-state index in [0.717, 1.165) is 35.3 Å². The van der Waals surface area contributed by atoms with E-state index in [4.69, 9.17) is 14.5 Å². The molecule has 31 heavy (non-hydrogen) atoms. The SMILES string of the molecule is COCCCOc1cc(C)ccc1CN=C(NCc1nnc(C)n1C)NC1CCCC1. The summed E-state index contributed by atoms with van der Waals surface area (Å²) in [6.07, 6.45) is 5.76. The summed E-state index contributed by atoms with van der Waals surface area (Å²) in [6.45, 7) is 6.47. The summed E-state index contributed by atoms with van der Waals surface area (Å²) >= 11 is 0. The summed E-state index contributed by atoms with van der Waals surface area (Å²) in [5.74, 6) is 3.48. The molecule has 0 aliphatic heterocycles. The highest BCUT2D eigenvalue weighted by Gasteiger charge is 2.17. The Labute approximate surface area is 185 Å². The normalized spacial score (nSPS) is 14.8. The molecule has 1 aliphatic rings. The second kappa shape index (κ2) is 11.7. The quantitative estimate of drug-likeness (QED) is 0.344. The second-order valence-electron chi connectivity index (χ2n) is 8.17. The Kier molecular flexibility index (Phi) is 8.70. The molecule has 3 rings (SSSR count). The summed E-state index contributed by atoms with van der Waals surface area (Å²) in [7, 11) is 3.69. The molecule has 170 valence electrons. The standard InChI is InChI=1S/C23H36N6O2/c1-17-10-11-19(21(14-17)31-13-7-12-30-4)15-24-23(26-20-8-5-6-9-20)25-16-22-28-27-18(2)29(22)3/h10-11,14,20H,5-9,12-13,15-16H2,1-4H3,(H2,24,25,26). The van der Waals surface area contributed by atoms with Crippen molar-refractivity contribution >= 4 is 5.96 Å². The van der Waals surface area contributed by atoms with Crippen molar-refractivity contribution in [3.63, 3.8) is 0 Å². The van der Waals surface area contributed by atoms with Gasteiger partial charge in [0.05, 0.1) is 19.7 Å². The first-order chi connectivity index (χ1) is 15.1. The smallest absolute Gasteiger partial charge is 0.192 e. The number of methoxy groups -OCH3 is 1. The molecule has 0 unspecified atom stereocenters. The maximum Gasteiger partial charge on any atom is 0.192 e. The first-order valence-electron chi connectivity index (χ1n) is 11.2. The zero-order valence-corrected chi connectivity index (χ0v) is 19.3. The molecule has 0 saturated heterocycles. The lowest BCUT2D eigenvalue weighted by Crippen LogP contribution is -2.42. The first kappa shape index (κ1) is 23.1. The van der Waals surface area contributed by atoms with Crippen LogP contribution in [0.4, 0.5) is 0 Å². The Morgan fingerprint density at radius 2 is 2.00 bits per heavy atom. The number of nitrogens with one attached hydrogen (secondary N) is 2. The van der Waals surface area contributed by atoms with E-state index in [-0.39, 0.29) is 0 Å². The highest BCUT2D eigenvalue weighted by atomic mass is 16.5. The molecule has 1 heterocycles. The maximum absolute atomic E-state index is 6.02. The molecule has 1 aromatic carbocycles. The van der Waals surface area contributed by atoms with Crippen LogP contribution in [0.5, 0.6) is 5.75 Å². The number of aryl methyl sites for hydroxylation is 2. The molecule has 1 aliphatic carbocycles. The summed E-state index contributed by atoms with van der Waals surface area (Å²) in [6, 6.07) is 6.75. The average molecular weight is 429 g/mol. The zero-order chi connectivity index (χ0) is 22.1. The highest BCUT2D eigenvalue weighted by molar-refractivity contribution is 5.80. The predicted molar refractivity (Wildman–Crippen MR) is 122 cm³/mol. The predicted octanol–water partition coefficient (Wildman–Crippen LogP) is 3.03. The van der Waals surface area contributed by atoms with Crippen molar-refractivity contribution in [2.24, 2.45) is 12.0 Å². The molecule has 0 spiro atoms. The van der Waals surface area contributed by atoms with Crippen LogP contribution in [0.15, 0.2) is 23.2 Å². The minimum absolute atomic E-state index is 0.468. The molecule has 8 nitrogen and oxygen atoms in total. The van der Waals surface area contributed by atoms with Gasteiger partial charge in [-0.1, -0.05) is 25.0 Å². The van der Waals surface area contributed by atoms with Crippen LogP contribution in [0, 0.1) is 13.8 Å². The Balaban J connectivity index is 1.69. The Bertz CT molecular complexity index is 858. The van der Waals surface area contributed by atoms with Crippen molar-refractivity contribution in [2.45, 2.75) is 65.1 Å². The van der Waals surface area contributed by atoms with Gasteiger partial charge >= 0.3 is 0 Å². The van der Waals surface area contributed by atoms with Crippen LogP contribution >= 0.6 is 0 Å². The third-order valence-corrected chi connectivity index (χ3v) is 5.67. The van der Waals surface area contributed by atoms with E-state index < -0.39 is 0 Å².